The Morgan fingerprint density at radius 2 is 0.957 bits per heavy atom. The second-order valence-electron chi connectivity index (χ2n) is 4.87. The van der Waals surface area contributed by atoms with Crippen molar-refractivity contribution in [3.8, 4) is 0 Å². The van der Waals surface area contributed by atoms with Crippen molar-refractivity contribution in [2.24, 2.45) is 0 Å². The van der Waals surface area contributed by atoms with E-state index in [4.69, 9.17) is 0 Å². The molecule has 0 heterocycles. The van der Waals surface area contributed by atoms with E-state index in [0.29, 0.717) is 11.1 Å². The van der Waals surface area contributed by atoms with Crippen molar-refractivity contribution in [1.82, 2.24) is 0 Å². The first-order chi connectivity index (χ1) is 10.9. The van der Waals surface area contributed by atoms with Crippen LogP contribution in [0.4, 0.5) is 0 Å². The minimum absolute atomic E-state index is 0.688. The fraction of sp³-hybridized carbons (Fsp3) is 0.0588. The van der Waals surface area contributed by atoms with Gasteiger partial charge in [-0.05, 0) is 23.3 Å². The molecule has 2 rings (SSSR count). The van der Waals surface area contributed by atoms with Gasteiger partial charge in [-0.2, -0.15) is 0 Å². The summed E-state index contributed by atoms with van der Waals surface area (Å²) in [5.41, 5.74) is 1.38. The van der Waals surface area contributed by atoms with Gasteiger partial charge in [0.05, 0.1) is 0 Å². The van der Waals surface area contributed by atoms with Gasteiger partial charge in [-0.15, -0.1) is 0 Å². The molecule has 0 fully saturated rings. The van der Waals surface area contributed by atoms with Crippen LogP contribution < -0.4 is 0 Å². The van der Waals surface area contributed by atoms with E-state index < -0.39 is 24.8 Å². The fourth-order valence-corrected chi connectivity index (χ4v) is 4.99. The maximum Gasteiger partial charge on any atom is 0.186 e. The van der Waals surface area contributed by atoms with E-state index in [-0.39, 0.29) is 0 Å². The first-order valence-electron chi connectivity index (χ1n) is 6.78. The van der Waals surface area contributed by atoms with Gasteiger partial charge in [0, 0.05) is 10.8 Å². The molecule has 4 nitrogen and oxygen atoms in total. The van der Waals surface area contributed by atoms with E-state index in [1.807, 2.05) is 12.1 Å². The largest absolute Gasteiger partial charge is 0.223 e. The average molecular weight is 348 g/mol. The number of hydrogen-bond donors (Lipinski definition) is 0. The molecular weight excluding hydrogens is 332 g/mol. The molecule has 0 bridgehead atoms. The second kappa shape index (κ2) is 7.39. The van der Waals surface area contributed by atoms with Gasteiger partial charge in [0.1, 0.15) is 0 Å². The van der Waals surface area contributed by atoms with Crippen LogP contribution >= 0.6 is 0 Å². The van der Waals surface area contributed by atoms with Crippen LogP contribution in [-0.4, -0.2) is 21.9 Å². The lowest BCUT2D eigenvalue weighted by Crippen LogP contribution is -2.11. The highest BCUT2D eigenvalue weighted by molar-refractivity contribution is 8.10. The van der Waals surface area contributed by atoms with Crippen LogP contribution in [0, 0.1) is 0 Å². The third-order valence-corrected chi connectivity index (χ3v) is 6.59. The summed E-state index contributed by atoms with van der Waals surface area (Å²) in [6, 6.07) is 17.6. The third-order valence-electron chi connectivity index (χ3n) is 2.86. The van der Waals surface area contributed by atoms with Crippen molar-refractivity contribution in [2.75, 3.05) is 5.08 Å². The summed E-state index contributed by atoms with van der Waals surface area (Å²) in [5, 5.41) is 0.902. The first kappa shape index (κ1) is 17.2. The van der Waals surface area contributed by atoms with Gasteiger partial charge in [-0.1, -0.05) is 60.7 Å². The van der Waals surface area contributed by atoms with E-state index >= 15 is 0 Å². The molecule has 120 valence electrons. The highest BCUT2D eigenvalue weighted by atomic mass is 32.3. The predicted molar refractivity (Wildman–Crippen MR) is 93.7 cm³/mol. The van der Waals surface area contributed by atoms with E-state index in [9.17, 15) is 16.8 Å². The molecule has 0 radical (unpaired) electrons. The molecule has 0 unspecified atom stereocenters. The zero-order valence-electron chi connectivity index (χ0n) is 12.2. The second-order valence-corrected chi connectivity index (χ2v) is 9.01. The van der Waals surface area contributed by atoms with E-state index in [1.54, 1.807) is 48.5 Å². The van der Waals surface area contributed by atoms with Crippen LogP contribution in [0.5, 0.6) is 0 Å². The van der Waals surface area contributed by atoms with E-state index in [1.165, 1.54) is 12.2 Å². The van der Waals surface area contributed by atoms with Gasteiger partial charge in [0.25, 0.3) is 0 Å². The molecule has 2 aromatic carbocycles. The van der Waals surface area contributed by atoms with Crippen LogP contribution in [0.2, 0.25) is 0 Å². The average Bonchev–Trinajstić information content (AvgIpc) is 2.52. The quantitative estimate of drug-likeness (QED) is 0.804. The molecule has 0 saturated carbocycles. The molecule has 0 atom stereocenters. The van der Waals surface area contributed by atoms with Crippen LogP contribution in [0.1, 0.15) is 11.1 Å². The Balaban J connectivity index is 2.10. The SMILES string of the molecule is O=S(=O)(C=Cc1ccccc1)CS(=O)(=O)C=Cc1ccccc1. The first-order valence-corrected chi connectivity index (χ1v) is 10.2. The van der Waals surface area contributed by atoms with Crippen molar-refractivity contribution in [2.45, 2.75) is 0 Å². The molecule has 0 saturated heterocycles. The molecule has 0 amide bonds. The normalized spacial score (nSPS) is 12.9. The van der Waals surface area contributed by atoms with Crippen molar-refractivity contribution >= 4 is 31.8 Å². The molecule has 0 aliphatic heterocycles. The summed E-state index contributed by atoms with van der Waals surface area (Å²) in [7, 11) is -7.72. The summed E-state index contributed by atoms with van der Waals surface area (Å²) in [6.45, 7) is 0. The lowest BCUT2D eigenvalue weighted by molar-refractivity contribution is 0.598. The van der Waals surface area contributed by atoms with E-state index in [0.717, 1.165) is 10.8 Å². The number of hydrogen-bond acceptors (Lipinski definition) is 4. The maximum atomic E-state index is 11.9. The molecule has 0 N–H and O–H groups in total. The minimum Gasteiger partial charge on any atom is -0.223 e. The molecule has 2 aromatic rings. The topological polar surface area (TPSA) is 68.3 Å². The smallest absolute Gasteiger partial charge is 0.186 e. The molecular formula is C17H16O4S2. The lowest BCUT2D eigenvalue weighted by Gasteiger charge is -1.98. The van der Waals surface area contributed by atoms with Crippen LogP contribution in [0.3, 0.4) is 0 Å². The van der Waals surface area contributed by atoms with Crippen LogP contribution in [0.25, 0.3) is 12.2 Å². The van der Waals surface area contributed by atoms with Crippen molar-refractivity contribution in [3.05, 3.63) is 82.6 Å². The molecule has 6 heteroatoms. The van der Waals surface area contributed by atoms with Crippen LogP contribution in [-0.2, 0) is 19.7 Å². The van der Waals surface area contributed by atoms with Gasteiger partial charge in [0.2, 0.25) is 0 Å². The fourth-order valence-electron chi connectivity index (χ4n) is 1.80. The summed E-state index contributed by atoms with van der Waals surface area (Å²) < 4.78 is 47.7. The number of sulfone groups is 2. The summed E-state index contributed by atoms with van der Waals surface area (Å²) >= 11 is 0. The Morgan fingerprint density at radius 3 is 1.30 bits per heavy atom. The zero-order valence-corrected chi connectivity index (χ0v) is 13.9. The van der Waals surface area contributed by atoms with Gasteiger partial charge in [0.15, 0.2) is 24.8 Å². The minimum atomic E-state index is -3.86. The van der Waals surface area contributed by atoms with Gasteiger partial charge in [-0.3, -0.25) is 0 Å². The Labute approximate surface area is 136 Å². The summed E-state index contributed by atoms with van der Waals surface area (Å²) in [6.07, 6.45) is 2.76. The standard InChI is InChI=1S/C17H16O4S2/c18-22(19,13-11-16-7-3-1-4-8-16)15-23(20,21)14-12-17-9-5-2-6-10-17/h1-14H,15H2. The third kappa shape index (κ3) is 6.22. The Kier molecular flexibility index (Phi) is 5.52. The monoisotopic (exact) mass is 348 g/mol. The zero-order chi connectivity index (χ0) is 16.8. The van der Waals surface area contributed by atoms with Crippen molar-refractivity contribution < 1.29 is 16.8 Å². The lowest BCUT2D eigenvalue weighted by atomic mass is 10.2. The molecule has 0 aromatic heterocycles. The number of benzene rings is 2. The molecule has 23 heavy (non-hydrogen) atoms. The van der Waals surface area contributed by atoms with E-state index in [2.05, 4.69) is 0 Å². The van der Waals surface area contributed by atoms with Gasteiger partial charge >= 0.3 is 0 Å². The Hall–Kier alpha value is -2.18. The predicted octanol–water partition coefficient (Wildman–Crippen LogP) is 3.12. The summed E-state index contributed by atoms with van der Waals surface area (Å²) in [5.74, 6) is 0. The van der Waals surface area contributed by atoms with Crippen LogP contribution in [0.15, 0.2) is 71.5 Å². The van der Waals surface area contributed by atoms with Gasteiger partial charge in [-0.25, -0.2) is 16.8 Å². The van der Waals surface area contributed by atoms with Crippen molar-refractivity contribution in [3.63, 3.8) is 0 Å². The number of rotatable bonds is 6. The maximum absolute atomic E-state index is 11.9. The van der Waals surface area contributed by atoms with Crippen molar-refractivity contribution in [1.29, 1.82) is 0 Å². The highest BCUT2D eigenvalue weighted by Gasteiger charge is 2.17. The summed E-state index contributed by atoms with van der Waals surface area (Å²) in [4.78, 5) is 0. The molecule has 0 aliphatic carbocycles. The Morgan fingerprint density at radius 1 is 0.609 bits per heavy atom. The molecule has 0 aliphatic rings. The van der Waals surface area contributed by atoms with Gasteiger partial charge < -0.3 is 0 Å². The molecule has 0 spiro atoms. The highest BCUT2D eigenvalue weighted by Crippen LogP contribution is 2.09. The Bertz CT molecular complexity index is 818.